The van der Waals surface area contributed by atoms with Crippen molar-refractivity contribution in [3.8, 4) is 0 Å². The van der Waals surface area contributed by atoms with E-state index in [9.17, 15) is 4.79 Å². The SMILES string of the molecule is Cc1ccc(C(=O)Nc2cc(C)n(Cc3cccc(Cl)c3)n2)cc1. The summed E-state index contributed by atoms with van der Waals surface area (Å²) < 4.78 is 1.84. The number of anilines is 1. The van der Waals surface area contributed by atoms with Crippen molar-refractivity contribution in [3.63, 3.8) is 0 Å². The largest absolute Gasteiger partial charge is 0.305 e. The fourth-order valence-corrected chi connectivity index (χ4v) is 2.65. The van der Waals surface area contributed by atoms with Gasteiger partial charge in [-0.25, -0.2) is 0 Å². The van der Waals surface area contributed by atoms with E-state index in [0.29, 0.717) is 22.9 Å². The third kappa shape index (κ3) is 3.84. The zero-order valence-corrected chi connectivity index (χ0v) is 14.3. The summed E-state index contributed by atoms with van der Waals surface area (Å²) in [5.41, 5.74) is 3.76. The highest BCUT2D eigenvalue weighted by Gasteiger charge is 2.10. The summed E-state index contributed by atoms with van der Waals surface area (Å²) in [5, 5.41) is 8.00. The van der Waals surface area contributed by atoms with Crippen LogP contribution in [-0.4, -0.2) is 15.7 Å². The van der Waals surface area contributed by atoms with E-state index in [1.165, 1.54) is 0 Å². The Hall–Kier alpha value is -2.59. The monoisotopic (exact) mass is 339 g/mol. The van der Waals surface area contributed by atoms with E-state index in [2.05, 4.69) is 10.4 Å². The molecule has 122 valence electrons. The van der Waals surface area contributed by atoms with Crippen LogP contribution in [0.5, 0.6) is 0 Å². The fraction of sp³-hybridized carbons (Fsp3) is 0.158. The van der Waals surface area contributed by atoms with Crippen LogP contribution in [0.3, 0.4) is 0 Å². The summed E-state index contributed by atoms with van der Waals surface area (Å²) in [7, 11) is 0. The van der Waals surface area contributed by atoms with Gasteiger partial charge in [0, 0.05) is 22.3 Å². The Morgan fingerprint density at radius 1 is 1.12 bits per heavy atom. The van der Waals surface area contributed by atoms with E-state index in [0.717, 1.165) is 16.8 Å². The number of aromatic nitrogens is 2. The number of halogens is 1. The molecule has 0 radical (unpaired) electrons. The zero-order valence-electron chi connectivity index (χ0n) is 13.6. The van der Waals surface area contributed by atoms with Crippen molar-refractivity contribution in [2.45, 2.75) is 20.4 Å². The van der Waals surface area contributed by atoms with E-state index in [1.54, 1.807) is 12.1 Å². The quantitative estimate of drug-likeness (QED) is 0.763. The van der Waals surface area contributed by atoms with Gasteiger partial charge in [-0.2, -0.15) is 5.10 Å². The molecule has 0 atom stereocenters. The Balaban J connectivity index is 1.74. The lowest BCUT2D eigenvalue weighted by Gasteiger charge is -2.05. The molecule has 5 heteroatoms. The molecule has 4 nitrogen and oxygen atoms in total. The van der Waals surface area contributed by atoms with Crippen LogP contribution in [0, 0.1) is 13.8 Å². The first-order valence-electron chi connectivity index (χ1n) is 7.68. The van der Waals surface area contributed by atoms with Crippen LogP contribution in [0.1, 0.15) is 27.2 Å². The molecule has 0 saturated carbocycles. The van der Waals surface area contributed by atoms with Gasteiger partial charge in [0.1, 0.15) is 0 Å². The van der Waals surface area contributed by atoms with E-state index in [-0.39, 0.29) is 5.91 Å². The molecular formula is C19H18ClN3O. The minimum absolute atomic E-state index is 0.164. The smallest absolute Gasteiger partial charge is 0.256 e. The molecule has 3 aromatic rings. The molecular weight excluding hydrogens is 322 g/mol. The summed E-state index contributed by atoms with van der Waals surface area (Å²) in [4.78, 5) is 12.3. The predicted molar refractivity (Wildman–Crippen MR) is 96.7 cm³/mol. The number of carbonyl (C=O) groups is 1. The van der Waals surface area contributed by atoms with Gasteiger partial charge in [-0.3, -0.25) is 9.48 Å². The van der Waals surface area contributed by atoms with Crippen LogP contribution < -0.4 is 5.32 Å². The van der Waals surface area contributed by atoms with Crippen LogP contribution in [0.2, 0.25) is 5.02 Å². The lowest BCUT2D eigenvalue weighted by Crippen LogP contribution is -2.12. The van der Waals surface area contributed by atoms with Crippen LogP contribution in [0.4, 0.5) is 5.82 Å². The van der Waals surface area contributed by atoms with Crippen molar-refractivity contribution >= 4 is 23.3 Å². The average Bonchev–Trinajstić information content (AvgIpc) is 2.87. The Morgan fingerprint density at radius 2 is 1.88 bits per heavy atom. The lowest BCUT2D eigenvalue weighted by atomic mass is 10.1. The van der Waals surface area contributed by atoms with Crippen molar-refractivity contribution in [2.75, 3.05) is 5.32 Å². The highest BCUT2D eigenvalue weighted by atomic mass is 35.5. The number of benzene rings is 2. The molecule has 3 rings (SSSR count). The van der Waals surface area contributed by atoms with Gasteiger partial charge in [0.2, 0.25) is 0 Å². The normalized spacial score (nSPS) is 10.6. The Morgan fingerprint density at radius 3 is 2.58 bits per heavy atom. The lowest BCUT2D eigenvalue weighted by molar-refractivity contribution is 0.102. The Kier molecular flexibility index (Phi) is 4.67. The Bertz CT molecular complexity index is 869. The molecule has 1 N–H and O–H groups in total. The molecule has 1 heterocycles. The van der Waals surface area contributed by atoms with Crippen LogP contribution in [-0.2, 0) is 6.54 Å². The summed E-state index contributed by atoms with van der Waals surface area (Å²) in [6, 6.07) is 17.0. The highest BCUT2D eigenvalue weighted by Crippen LogP contribution is 2.15. The summed E-state index contributed by atoms with van der Waals surface area (Å²) >= 11 is 6.02. The molecule has 0 bridgehead atoms. The topological polar surface area (TPSA) is 46.9 Å². The first-order valence-corrected chi connectivity index (χ1v) is 8.06. The molecule has 24 heavy (non-hydrogen) atoms. The van der Waals surface area contributed by atoms with Crippen LogP contribution in [0.15, 0.2) is 54.6 Å². The van der Waals surface area contributed by atoms with Crippen molar-refractivity contribution in [3.05, 3.63) is 82.0 Å². The third-order valence-electron chi connectivity index (χ3n) is 3.76. The number of amides is 1. The van der Waals surface area contributed by atoms with E-state index in [1.807, 2.05) is 61.0 Å². The first kappa shape index (κ1) is 16.3. The summed E-state index contributed by atoms with van der Waals surface area (Å²) in [6.07, 6.45) is 0. The highest BCUT2D eigenvalue weighted by molar-refractivity contribution is 6.30. The fourth-order valence-electron chi connectivity index (χ4n) is 2.43. The second kappa shape index (κ2) is 6.89. The van der Waals surface area contributed by atoms with Gasteiger partial charge in [0.05, 0.1) is 6.54 Å². The summed E-state index contributed by atoms with van der Waals surface area (Å²) in [5.74, 6) is 0.377. The number of aryl methyl sites for hydroxylation is 2. The zero-order chi connectivity index (χ0) is 17.1. The van der Waals surface area contributed by atoms with E-state index < -0.39 is 0 Å². The maximum absolute atomic E-state index is 12.3. The van der Waals surface area contributed by atoms with Gasteiger partial charge in [0.25, 0.3) is 5.91 Å². The van der Waals surface area contributed by atoms with Gasteiger partial charge in [-0.15, -0.1) is 0 Å². The van der Waals surface area contributed by atoms with E-state index in [4.69, 9.17) is 11.6 Å². The molecule has 1 amide bonds. The number of nitrogens with zero attached hydrogens (tertiary/aromatic N) is 2. The first-order chi connectivity index (χ1) is 11.5. The number of rotatable bonds is 4. The molecule has 0 unspecified atom stereocenters. The van der Waals surface area contributed by atoms with Crippen molar-refractivity contribution in [1.29, 1.82) is 0 Å². The molecule has 0 fully saturated rings. The molecule has 2 aromatic carbocycles. The van der Waals surface area contributed by atoms with Crippen LogP contribution in [0.25, 0.3) is 0 Å². The van der Waals surface area contributed by atoms with Gasteiger partial charge in [-0.05, 0) is 43.7 Å². The van der Waals surface area contributed by atoms with Gasteiger partial charge in [-0.1, -0.05) is 41.4 Å². The molecule has 0 saturated heterocycles. The van der Waals surface area contributed by atoms with Gasteiger partial charge >= 0.3 is 0 Å². The summed E-state index contributed by atoms with van der Waals surface area (Å²) in [6.45, 7) is 4.55. The minimum atomic E-state index is -0.164. The molecule has 0 aliphatic carbocycles. The molecule has 0 aliphatic heterocycles. The van der Waals surface area contributed by atoms with Crippen molar-refractivity contribution in [1.82, 2.24) is 9.78 Å². The second-order valence-corrected chi connectivity index (χ2v) is 6.22. The van der Waals surface area contributed by atoms with E-state index >= 15 is 0 Å². The maximum atomic E-state index is 12.3. The molecule has 0 aliphatic rings. The number of carbonyl (C=O) groups excluding carboxylic acids is 1. The van der Waals surface area contributed by atoms with Crippen molar-refractivity contribution in [2.24, 2.45) is 0 Å². The third-order valence-corrected chi connectivity index (χ3v) is 3.99. The van der Waals surface area contributed by atoms with Gasteiger partial charge in [0.15, 0.2) is 5.82 Å². The molecule has 1 aromatic heterocycles. The molecule has 0 spiro atoms. The Labute approximate surface area is 146 Å². The minimum Gasteiger partial charge on any atom is -0.305 e. The predicted octanol–water partition coefficient (Wildman–Crippen LogP) is 4.45. The number of hydrogen-bond acceptors (Lipinski definition) is 2. The standard InChI is InChI=1S/C19H18ClN3O/c1-13-6-8-16(9-7-13)19(24)21-18-10-14(2)23(22-18)12-15-4-3-5-17(20)11-15/h3-11H,12H2,1-2H3,(H,21,22,24). The van der Waals surface area contributed by atoms with Gasteiger partial charge < -0.3 is 5.32 Å². The maximum Gasteiger partial charge on any atom is 0.256 e. The number of nitrogens with one attached hydrogen (secondary N) is 1. The number of hydrogen-bond donors (Lipinski definition) is 1. The van der Waals surface area contributed by atoms with Crippen molar-refractivity contribution < 1.29 is 4.79 Å². The second-order valence-electron chi connectivity index (χ2n) is 5.78. The van der Waals surface area contributed by atoms with Crippen LogP contribution >= 0.6 is 11.6 Å². The average molecular weight is 340 g/mol.